The molecule has 0 aromatic carbocycles. The number of hydrazone groups is 2. The highest BCUT2D eigenvalue weighted by molar-refractivity contribution is 6.14. The highest BCUT2D eigenvalue weighted by Crippen LogP contribution is 2.34. The van der Waals surface area contributed by atoms with Crippen molar-refractivity contribution in [2.75, 3.05) is 26.0 Å². The van der Waals surface area contributed by atoms with E-state index in [0.717, 1.165) is 33.8 Å². The summed E-state index contributed by atoms with van der Waals surface area (Å²) in [6.07, 6.45) is 13.8. The van der Waals surface area contributed by atoms with E-state index in [1.165, 1.54) is 12.8 Å². The van der Waals surface area contributed by atoms with Gasteiger partial charge in [0.15, 0.2) is 12.0 Å². The zero-order valence-electron chi connectivity index (χ0n) is 17.9. The lowest BCUT2D eigenvalue weighted by Gasteiger charge is -2.28. The monoisotopic (exact) mass is 429 g/mol. The summed E-state index contributed by atoms with van der Waals surface area (Å²) in [6, 6.07) is 4.35. The van der Waals surface area contributed by atoms with Crippen molar-refractivity contribution in [2.45, 2.75) is 25.0 Å². The van der Waals surface area contributed by atoms with Crippen LogP contribution in [-0.2, 0) is 0 Å². The van der Waals surface area contributed by atoms with Gasteiger partial charge in [-0.2, -0.15) is 15.3 Å². The lowest BCUT2D eigenvalue weighted by Crippen LogP contribution is -2.43. The number of allylic oxidation sites excluding steroid dienone is 1. The third-order valence-corrected chi connectivity index (χ3v) is 5.90. The molecule has 1 unspecified atom stereocenters. The molecule has 10 heteroatoms. The topological polar surface area (TPSA) is 96.1 Å². The summed E-state index contributed by atoms with van der Waals surface area (Å²) in [5.74, 6) is 1.50. The van der Waals surface area contributed by atoms with E-state index in [1.54, 1.807) is 19.5 Å². The molecule has 0 saturated heterocycles. The van der Waals surface area contributed by atoms with Crippen molar-refractivity contribution < 1.29 is 4.74 Å². The van der Waals surface area contributed by atoms with Gasteiger partial charge in [-0.25, -0.2) is 9.99 Å². The van der Waals surface area contributed by atoms with E-state index in [1.807, 2.05) is 52.2 Å². The van der Waals surface area contributed by atoms with E-state index in [0.29, 0.717) is 18.3 Å². The molecule has 6 rings (SSSR count). The van der Waals surface area contributed by atoms with E-state index in [9.17, 15) is 0 Å². The number of pyridine rings is 2. The van der Waals surface area contributed by atoms with Crippen molar-refractivity contribution in [3.05, 3.63) is 54.6 Å². The normalized spacial score (nSPS) is 19.8. The van der Waals surface area contributed by atoms with Gasteiger partial charge < -0.3 is 10.1 Å². The highest BCUT2D eigenvalue weighted by Gasteiger charge is 2.33. The Kier molecular flexibility index (Phi) is 4.30. The molecule has 162 valence electrons. The van der Waals surface area contributed by atoms with Crippen molar-refractivity contribution in [3.63, 3.8) is 0 Å². The van der Waals surface area contributed by atoms with Gasteiger partial charge >= 0.3 is 0 Å². The van der Waals surface area contributed by atoms with Crippen molar-refractivity contribution in [1.82, 2.24) is 29.8 Å². The van der Waals surface area contributed by atoms with Crippen molar-refractivity contribution in [1.29, 1.82) is 0 Å². The Hall–Kier alpha value is -3.95. The predicted octanol–water partition coefficient (Wildman–Crippen LogP) is 2.44. The third kappa shape index (κ3) is 3.24. The Morgan fingerprint density at radius 2 is 2.06 bits per heavy atom. The van der Waals surface area contributed by atoms with Crippen LogP contribution in [0, 0.1) is 0 Å². The fraction of sp³-hybridized carbons (Fsp3) is 0.318. The maximum atomic E-state index is 5.26. The van der Waals surface area contributed by atoms with Gasteiger partial charge in [-0.15, -0.1) is 0 Å². The second-order valence-corrected chi connectivity index (χ2v) is 8.10. The highest BCUT2D eigenvalue weighted by atomic mass is 16.5. The van der Waals surface area contributed by atoms with Gasteiger partial charge in [0.25, 0.3) is 0 Å². The van der Waals surface area contributed by atoms with Crippen LogP contribution < -0.4 is 10.1 Å². The minimum absolute atomic E-state index is 0.0788. The predicted molar refractivity (Wildman–Crippen MR) is 122 cm³/mol. The van der Waals surface area contributed by atoms with E-state index in [-0.39, 0.29) is 6.17 Å². The van der Waals surface area contributed by atoms with E-state index in [2.05, 4.69) is 31.7 Å². The number of likely N-dealkylation sites (N-methyl/N-ethyl adjacent to an activating group) is 1. The summed E-state index contributed by atoms with van der Waals surface area (Å²) < 4.78 is 7.31. The van der Waals surface area contributed by atoms with Gasteiger partial charge in [0.05, 0.1) is 49.0 Å². The van der Waals surface area contributed by atoms with Gasteiger partial charge in [0, 0.05) is 31.1 Å². The number of amidine groups is 1. The molecule has 3 aromatic heterocycles. The first-order valence-electron chi connectivity index (χ1n) is 10.6. The molecule has 1 saturated carbocycles. The largest absolute Gasteiger partial charge is 0.495 e. The molecule has 1 N–H and O–H groups in total. The fourth-order valence-corrected chi connectivity index (χ4v) is 3.96. The quantitative estimate of drug-likeness (QED) is 0.643. The Bertz CT molecular complexity index is 1270. The lowest BCUT2D eigenvalue weighted by atomic mass is 10.2. The number of rotatable bonds is 6. The third-order valence-electron chi connectivity index (χ3n) is 5.90. The molecule has 3 aliphatic rings. The van der Waals surface area contributed by atoms with Gasteiger partial charge in [0.2, 0.25) is 0 Å². The summed E-state index contributed by atoms with van der Waals surface area (Å²) in [5, 5.41) is 21.4. The number of aromatic nitrogens is 4. The zero-order chi connectivity index (χ0) is 21.7. The Morgan fingerprint density at radius 3 is 2.91 bits per heavy atom. The second kappa shape index (κ2) is 7.33. The molecule has 0 spiro atoms. The summed E-state index contributed by atoms with van der Waals surface area (Å²) in [5.41, 5.74) is 4.39. The summed E-state index contributed by atoms with van der Waals surface area (Å²) in [4.78, 5) is 8.93. The van der Waals surface area contributed by atoms with Gasteiger partial charge in [-0.05, 0) is 31.1 Å². The molecular weight excluding hydrogens is 406 g/mol. The molecule has 0 amide bonds. The van der Waals surface area contributed by atoms with Crippen LogP contribution in [-0.4, -0.2) is 68.2 Å². The van der Waals surface area contributed by atoms with Crippen molar-refractivity contribution >= 4 is 28.3 Å². The number of ether oxygens (including phenoxy) is 1. The molecule has 1 fully saturated rings. The first-order valence-corrected chi connectivity index (χ1v) is 10.6. The number of hydrogen-bond acceptors (Lipinski definition) is 9. The van der Waals surface area contributed by atoms with Crippen LogP contribution in [0.5, 0.6) is 5.75 Å². The number of fused-ring (bicyclic) bond motifs is 2. The SMILES string of the molecule is COc1cnc2c(NCC3N(C)N=C4C=CC(c5cnn(C6CC6)c5)=NN43)ccnc2c1. The molecular formula is C22H23N9O. The average molecular weight is 429 g/mol. The first-order chi connectivity index (χ1) is 15.7. The van der Waals surface area contributed by atoms with Crippen LogP contribution in [0.15, 0.2) is 59.3 Å². The van der Waals surface area contributed by atoms with Crippen LogP contribution in [0.2, 0.25) is 0 Å². The molecule has 2 aliphatic heterocycles. The van der Waals surface area contributed by atoms with E-state index < -0.39 is 0 Å². The molecule has 32 heavy (non-hydrogen) atoms. The van der Waals surface area contributed by atoms with Crippen LogP contribution in [0.4, 0.5) is 5.69 Å². The average Bonchev–Trinajstić information content (AvgIpc) is 3.46. The van der Waals surface area contributed by atoms with Crippen LogP contribution in [0.3, 0.4) is 0 Å². The number of nitrogens with one attached hydrogen (secondary N) is 1. The molecule has 0 bridgehead atoms. The minimum Gasteiger partial charge on any atom is -0.495 e. The molecule has 5 heterocycles. The summed E-state index contributed by atoms with van der Waals surface area (Å²) in [7, 11) is 3.58. The molecule has 10 nitrogen and oxygen atoms in total. The lowest BCUT2D eigenvalue weighted by molar-refractivity contribution is 0.175. The van der Waals surface area contributed by atoms with Crippen molar-refractivity contribution in [3.8, 4) is 5.75 Å². The number of hydrogen-bond donors (Lipinski definition) is 1. The van der Waals surface area contributed by atoms with Crippen LogP contribution in [0.25, 0.3) is 11.0 Å². The number of nitrogens with zero attached hydrogens (tertiary/aromatic N) is 8. The molecule has 3 aromatic rings. The fourth-order valence-electron chi connectivity index (χ4n) is 3.96. The Balaban J connectivity index is 1.23. The summed E-state index contributed by atoms with van der Waals surface area (Å²) >= 11 is 0. The standard InChI is InChI=1S/C22H23N9O/c1-29-21(12-24-18-7-8-23-19-9-16(32-2)11-25-22(18)19)31-20(28-29)6-5-17(27-31)14-10-26-30(13-14)15-3-4-15/h5-11,13,15,21H,3-4,12H2,1-2H3,(H,23,24). The van der Waals surface area contributed by atoms with Crippen LogP contribution in [0.1, 0.15) is 24.4 Å². The first kappa shape index (κ1) is 18.8. The smallest absolute Gasteiger partial charge is 0.171 e. The molecule has 1 atom stereocenters. The molecule has 1 aliphatic carbocycles. The van der Waals surface area contributed by atoms with E-state index >= 15 is 0 Å². The minimum atomic E-state index is -0.0788. The summed E-state index contributed by atoms with van der Waals surface area (Å²) in [6.45, 7) is 0.599. The van der Waals surface area contributed by atoms with Gasteiger partial charge in [0.1, 0.15) is 11.3 Å². The van der Waals surface area contributed by atoms with Crippen molar-refractivity contribution in [2.24, 2.45) is 10.2 Å². The maximum absolute atomic E-state index is 5.26. The Morgan fingerprint density at radius 1 is 1.16 bits per heavy atom. The number of methoxy groups -OCH3 is 1. The van der Waals surface area contributed by atoms with Gasteiger partial charge in [-0.3, -0.25) is 14.7 Å². The maximum Gasteiger partial charge on any atom is 0.171 e. The molecule has 0 radical (unpaired) electrons. The Labute approximate surface area is 184 Å². The van der Waals surface area contributed by atoms with Gasteiger partial charge in [-0.1, -0.05) is 0 Å². The second-order valence-electron chi connectivity index (χ2n) is 8.10. The zero-order valence-corrected chi connectivity index (χ0v) is 17.9. The van der Waals surface area contributed by atoms with E-state index in [4.69, 9.17) is 9.84 Å². The number of anilines is 1. The van der Waals surface area contributed by atoms with Crippen LogP contribution >= 0.6 is 0 Å².